The summed E-state index contributed by atoms with van der Waals surface area (Å²) in [6.45, 7) is 0.653. The molecule has 0 aromatic carbocycles. The fraction of sp³-hybridized carbons (Fsp3) is 0.583. The number of carbonyl (C=O) groups is 1. The minimum absolute atomic E-state index is 0.00721. The first-order valence-corrected chi connectivity index (χ1v) is 9.01. The van der Waals surface area contributed by atoms with Gasteiger partial charge in [-0.15, -0.1) is 11.3 Å². The van der Waals surface area contributed by atoms with Gasteiger partial charge >= 0.3 is 0 Å². The molecular weight excluding hydrogens is 332 g/mol. The molecule has 0 spiro atoms. The van der Waals surface area contributed by atoms with E-state index < -0.39 is 22.0 Å². The standard InChI is InChI=1S/C12H18N2O6S2/c13-12(16)8-5-11(21-7-8)22(17,18)14-9-6-19-3-1-10(9)20-4-2-15/h5,7,9-10,14-15H,1-4,6H2,(H2,13,16)/t9-,10+/m1/s1. The van der Waals surface area contributed by atoms with E-state index in [0.29, 0.717) is 13.0 Å². The Bertz CT molecular complexity index is 615. The highest BCUT2D eigenvalue weighted by Gasteiger charge is 2.31. The predicted octanol–water partition coefficient (Wildman–Crippen LogP) is -0.708. The van der Waals surface area contributed by atoms with E-state index in [4.69, 9.17) is 20.3 Å². The maximum absolute atomic E-state index is 12.3. The van der Waals surface area contributed by atoms with Crippen LogP contribution in [0, 0.1) is 0 Å². The molecule has 2 heterocycles. The molecule has 10 heteroatoms. The van der Waals surface area contributed by atoms with Gasteiger partial charge in [-0.2, -0.15) is 0 Å². The fourth-order valence-electron chi connectivity index (χ4n) is 2.08. The second kappa shape index (κ2) is 7.49. The molecule has 2 rings (SSSR count). The second-order valence-corrected chi connectivity index (χ2v) is 7.59. The van der Waals surface area contributed by atoms with Gasteiger partial charge in [0.1, 0.15) is 4.21 Å². The van der Waals surface area contributed by atoms with Gasteiger partial charge in [0, 0.05) is 12.0 Å². The SMILES string of the molecule is NC(=O)c1csc(S(=O)(=O)N[C@@H]2COCC[C@@H]2OCCO)c1. The lowest BCUT2D eigenvalue weighted by Crippen LogP contribution is -2.50. The normalized spacial score (nSPS) is 22.6. The van der Waals surface area contributed by atoms with Crippen molar-refractivity contribution in [3.63, 3.8) is 0 Å². The predicted molar refractivity (Wildman–Crippen MR) is 79.2 cm³/mol. The lowest BCUT2D eigenvalue weighted by atomic mass is 10.1. The van der Waals surface area contributed by atoms with Crippen LogP contribution in [0.3, 0.4) is 0 Å². The minimum Gasteiger partial charge on any atom is -0.394 e. The van der Waals surface area contributed by atoms with Crippen molar-refractivity contribution < 1.29 is 27.8 Å². The van der Waals surface area contributed by atoms with Crippen LogP contribution in [-0.2, 0) is 19.5 Å². The number of carbonyl (C=O) groups excluding carboxylic acids is 1. The maximum atomic E-state index is 12.3. The van der Waals surface area contributed by atoms with Gasteiger partial charge in [-0.3, -0.25) is 4.79 Å². The van der Waals surface area contributed by atoms with E-state index in [0.717, 1.165) is 11.3 Å². The second-order valence-electron chi connectivity index (χ2n) is 4.74. The zero-order valence-electron chi connectivity index (χ0n) is 11.7. The number of aliphatic hydroxyl groups excluding tert-OH is 1. The molecule has 0 unspecified atom stereocenters. The van der Waals surface area contributed by atoms with Crippen molar-refractivity contribution in [3.8, 4) is 0 Å². The van der Waals surface area contributed by atoms with Crippen LogP contribution in [0.4, 0.5) is 0 Å². The first-order chi connectivity index (χ1) is 10.4. The van der Waals surface area contributed by atoms with Crippen molar-refractivity contribution in [2.24, 2.45) is 5.73 Å². The molecule has 8 nitrogen and oxygen atoms in total. The summed E-state index contributed by atoms with van der Waals surface area (Å²) in [6, 6.07) is 0.687. The van der Waals surface area contributed by atoms with Gasteiger partial charge in [0.05, 0.1) is 37.5 Å². The molecule has 22 heavy (non-hydrogen) atoms. The summed E-state index contributed by atoms with van der Waals surface area (Å²) in [7, 11) is -3.79. The summed E-state index contributed by atoms with van der Waals surface area (Å²) in [5, 5.41) is 10.2. The van der Waals surface area contributed by atoms with Crippen molar-refractivity contribution >= 4 is 27.3 Å². The van der Waals surface area contributed by atoms with Crippen LogP contribution in [-0.4, -0.2) is 58.0 Å². The minimum atomic E-state index is -3.79. The van der Waals surface area contributed by atoms with Crippen molar-refractivity contribution in [2.45, 2.75) is 22.8 Å². The number of nitrogens with one attached hydrogen (secondary N) is 1. The summed E-state index contributed by atoms with van der Waals surface area (Å²) in [5.41, 5.74) is 5.27. The summed E-state index contributed by atoms with van der Waals surface area (Å²) in [6.07, 6.45) is 0.163. The van der Waals surface area contributed by atoms with Crippen molar-refractivity contribution in [1.82, 2.24) is 4.72 Å². The van der Waals surface area contributed by atoms with E-state index in [9.17, 15) is 13.2 Å². The molecule has 4 N–H and O–H groups in total. The topological polar surface area (TPSA) is 128 Å². The molecule has 1 aliphatic rings. The Hall–Kier alpha value is -1.04. The van der Waals surface area contributed by atoms with Gasteiger partial charge in [-0.1, -0.05) is 0 Å². The Labute approximate surface area is 132 Å². The lowest BCUT2D eigenvalue weighted by Gasteiger charge is -2.31. The lowest BCUT2D eigenvalue weighted by molar-refractivity contribution is -0.0580. The van der Waals surface area contributed by atoms with E-state index in [1.54, 1.807) is 0 Å². The summed E-state index contributed by atoms with van der Waals surface area (Å²) >= 11 is 0.920. The fourth-order valence-corrected chi connectivity index (χ4v) is 4.51. The van der Waals surface area contributed by atoms with Crippen LogP contribution in [0.5, 0.6) is 0 Å². The third-order valence-electron chi connectivity index (χ3n) is 3.15. The smallest absolute Gasteiger partial charge is 0.250 e. The number of thiophene rings is 1. The van der Waals surface area contributed by atoms with Gasteiger partial charge in [-0.25, -0.2) is 13.1 Å². The number of nitrogens with two attached hydrogens (primary N) is 1. The quantitative estimate of drug-likeness (QED) is 0.596. The van der Waals surface area contributed by atoms with E-state index in [1.807, 2.05) is 0 Å². The van der Waals surface area contributed by atoms with Crippen molar-refractivity contribution in [1.29, 1.82) is 0 Å². The zero-order valence-corrected chi connectivity index (χ0v) is 13.4. The Morgan fingerprint density at radius 3 is 3.00 bits per heavy atom. The molecular formula is C12H18N2O6S2. The molecule has 0 saturated carbocycles. The molecule has 0 radical (unpaired) electrons. The Morgan fingerprint density at radius 2 is 2.36 bits per heavy atom. The van der Waals surface area contributed by atoms with Crippen LogP contribution in [0.1, 0.15) is 16.8 Å². The number of sulfonamides is 1. The molecule has 1 aromatic heterocycles. The van der Waals surface area contributed by atoms with Gasteiger partial charge in [0.15, 0.2) is 0 Å². The van der Waals surface area contributed by atoms with Crippen LogP contribution in [0.15, 0.2) is 15.7 Å². The van der Waals surface area contributed by atoms with Crippen molar-refractivity contribution in [3.05, 3.63) is 17.0 Å². The van der Waals surface area contributed by atoms with Gasteiger partial charge in [-0.05, 0) is 12.5 Å². The third-order valence-corrected chi connectivity index (χ3v) is 6.08. The highest BCUT2D eigenvalue weighted by molar-refractivity contribution is 7.91. The number of hydrogen-bond donors (Lipinski definition) is 3. The zero-order chi connectivity index (χ0) is 16.2. The van der Waals surface area contributed by atoms with Gasteiger partial charge in [0.2, 0.25) is 15.9 Å². The first kappa shape index (κ1) is 17.3. The number of primary amides is 1. The first-order valence-electron chi connectivity index (χ1n) is 6.65. The number of rotatable bonds is 7. The highest BCUT2D eigenvalue weighted by Crippen LogP contribution is 2.22. The Morgan fingerprint density at radius 1 is 1.59 bits per heavy atom. The monoisotopic (exact) mass is 350 g/mol. The van der Waals surface area contributed by atoms with Crippen LogP contribution >= 0.6 is 11.3 Å². The van der Waals surface area contributed by atoms with Crippen LogP contribution in [0.25, 0.3) is 0 Å². The van der Waals surface area contributed by atoms with Gasteiger partial charge < -0.3 is 20.3 Å². The average Bonchev–Trinajstić information content (AvgIpc) is 2.97. The van der Waals surface area contributed by atoms with Crippen LogP contribution < -0.4 is 10.5 Å². The Balaban J connectivity index is 2.09. The van der Waals surface area contributed by atoms with Crippen LogP contribution in [0.2, 0.25) is 0 Å². The molecule has 0 aliphatic carbocycles. The number of ether oxygens (including phenoxy) is 2. The summed E-state index contributed by atoms with van der Waals surface area (Å²) in [4.78, 5) is 11.1. The number of hydrogen-bond acceptors (Lipinski definition) is 7. The molecule has 0 bridgehead atoms. The highest BCUT2D eigenvalue weighted by atomic mass is 32.2. The number of amides is 1. The molecule has 1 amide bonds. The molecule has 1 aromatic rings. The average molecular weight is 350 g/mol. The largest absolute Gasteiger partial charge is 0.394 e. The summed E-state index contributed by atoms with van der Waals surface area (Å²) in [5.74, 6) is -0.678. The van der Waals surface area contributed by atoms with E-state index in [1.165, 1.54) is 11.4 Å². The van der Waals surface area contributed by atoms with Gasteiger partial charge in [0.25, 0.3) is 0 Å². The van der Waals surface area contributed by atoms with E-state index >= 15 is 0 Å². The van der Waals surface area contributed by atoms with Crippen molar-refractivity contribution in [2.75, 3.05) is 26.4 Å². The Kier molecular flexibility index (Phi) is 5.89. The van der Waals surface area contributed by atoms with E-state index in [-0.39, 0.29) is 35.7 Å². The third kappa shape index (κ3) is 4.24. The number of aliphatic hydroxyl groups is 1. The summed E-state index contributed by atoms with van der Waals surface area (Å²) < 4.78 is 37.9. The molecule has 1 aliphatic heterocycles. The molecule has 124 valence electrons. The molecule has 1 saturated heterocycles. The molecule has 1 fully saturated rings. The maximum Gasteiger partial charge on any atom is 0.250 e. The van der Waals surface area contributed by atoms with E-state index in [2.05, 4.69) is 4.72 Å². The molecule has 2 atom stereocenters.